The minimum absolute atomic E-state index is 0.00622. The summed E-state index contributed by atoms with van der Waals surface area (Å²) in [6.07, 6.45) is 3.71. The summed E-state index contributed by atoms with van der Waals surface area (Å²) >= 11 is 0. The predicted molar refractivity (Wildman–Crippen MR) is 150 cm³/mol. The third-order valence-electron chi connectivity index (χ3n) is 6.76. The van der Waals surface area contributed by atoms with E-state index in [0.29, 0.717) is 23.4 Å². The molecule has 0 bridgehead atoms. The van der Waals surface area contributed by atoms with Crippen molar-refractivity contribution in [2.24, 2.45) is 0 Å². The number of aryl methyl sites for hydroxylation is 1. The molecule has 0 aliphatic heterocycles. The number of rotatable bonds is 10. The normalized spacial score (nSPS) is 11.8. The van der Waals surface area contributed by atoms with Gasteiger partial charge in [0.25, 0.3) is 0 Å². The molecule has 3 aromatic carbocycles. The molecule has 0 saturated carbocycles. The molecule has 0 aliphatic rings. The Morgan fingerprint density at radius 2 is 1.66 bits per heavy atom. The van der Waals surface area contributed by atoms with Crippen molar-refractivity contribution in [3.8, 4) is 5.75 Å². The second-order valence-electron chi connectivity index (χ2n) is 9.90. The molecule has 0 unspecified atom stereocenters. The minimum Gasteiger partial charge on any atom is -0.497 e. The number of ether oxygens (including phenoxy) is 2. The van der Waals surface area contributed by atoms with E-state index in [-0.39, 0.29) is 12.4 Å². The summed E-state index contributed by atoms with van der Waals surface area (Å²) in [7, 11) is 1.63. The summed E-state index contributed by atoms with van der Waals surface area (Å²) in [6.45, 7) is 7.86. The second-order valence-corrected chi connectivity index (χ2v) is 9.90. The van der Waals surface area contributed by atoms with Gasteiger partial charge in [-0.25, -0.2) is 4.79 Å². The molecular formula is C32H33NO5. The van der Waals surface area contributed by atoms with E-state index in [0.717, 1.165) is 33.3 Å². The highest BCUT2D eigenvalue weighted by atomic mass is 16.5. The summed E-state index contributed by atoms with van der Waals surface area (Å²) in [4.78, 5) is 24.8. The maximum atomic E-state index is 13.6. The molecule has 38 heavy (non-hydrogen) atoms. The van der Waals surface area contributed by atoms with Crippen LogP contribution in [0.25, 0.3) is 17.0 Å². The highest BCUT2D eigenvalue weighted by molar-refractivity contribution is 6.17. The Labute approximate surface area is 223 Å². The molecule has 1 N–H and O–H groups in total. The van der Waals surface area contributed by atoms with E-state index < -0.39 is 11.6 Å². The first-order valence-corrected chi connectivity index (χ1v) is 12.5. The highest BCUT2D eigenvalue weighted by Crippen LogP contribution is 2.32. The lowest BCUT2D eigenvalue weighted by Gasteiger charge is -2.18. The van der Waals surface area contributed by atoms with E-state index in [4.69, 9.17) is 14.6 Å². The van der Waals surface area contributed by atoms with Crippen LogP contribution in [0.5, 0.6) is 5.75 Å². The topological polar surface area (TPSA) is 77.8 Å². The first-order chi connectivity index (χ1) is 18.1. The molecule has 4 rings (SSSR count). The molecule has 0 spiro atoms. The molecule has 4 aromatic rings. The summed E-state index contributed by atoms with van der Waals surface area (Å²) in [5.74, 6) is -0.294. The van der Waals surface area contributed by atoms with Crippen LogP contribution in [0, 0.1) is 13.8 Å². The summed E-state index contributed by atoms with van der Waals surface area (Å²) in [5.41, 5.74) is 5.18. The van der Waals surface area contributed by atoms with Gasteiger partial charge in [-0.05, 0) is 57.0 Å². The third-order valence-corrected chi connectivity index (χ3v) is 6.76. The number of carboxylic acid groups (broad SMARTS) is 1. The lowest BCUT2D eigenvalue weighted by molar-refractivity contribution is -0.159. The zero-order valence-corrected chi connectivity index (χ0v) is 22.4. The van der Waals surface area contributed by atoms with Gasteiger partial charge in [0.15, 0.2) is 11.4 Å². The van der Waals surface area contributed by atoms with Gasteiger partial charge in [0.05, 0.1) is 19.3 Å². The number of hydrogen-bond donors (Lipinski definition) is 1. The number of fused-ring (bicyclic) bond motifs is 1. The number of carbonyl (C=O) groups is 2. The highest BCUT2D eigenvalue weighted by Gasteiger charge is 2.27. The number of nitrogens with zero attached hydrogens (tertiary/aromatic N) is 1. The van der Waals surface area contributed by atoms with Gasteiger partial charge in [-0.3, -0.25) is 4.79 Å². The molecule has 0 saturated heterocycles. The van der Waals surface area contributed by atoms with E-state index in [9.17, 15) is 9.59 Å². The van der Waals surface area contributed by atoms with Crippen molar-refractivity contribution in [3.63, 3.8) is 0 Å². The average Bonchev–Trinajstić information content (AvgIpc) is 3.17. The fraction of sp³-hybridized carbons (Fsp3) is 0.250. The molecule has 6 heteroatoms. The van der Waals surface area contributed by atoms with Crippen LogP contribution >= 0.6 is 0 Å². The number of aromatic nitrogens is 1. The van der Waals surface area contributed by atoms with Gasteiger partial charge in [-0.2, -0.15) is 0 Å². The Morgan fingerprint density at radius 1 is 0.974 bits per heavy atom. The molecule has 0 radical (unpaired) electrons. The largest absolute Gasteiger partial charge is 0.497 e. The van der Waals surface area contributed by atoms with Gasteiger partial charge in [0.1, 0.15) is 5.75 Å². The predicted octanol–water partition coefficient (Wildman–Crippen LogP) is 6.44. The van der Waals surface area contributed by atoms with Crippen LogP contribution in [0.4, 0.5) is 0 Å². The van der Waals surface area contributed by atoms with Crippen molar-refractivity contribution in [2.45, 2.75) is 39.8 Å². The van der Waals surface area contributed by atoms with Crippen LogP contribution in [0.15, 0.2) is 72.8 Å². The van der Waals surface area contributed by atoms with Crippen LogP contribution in [0.3, 0.4) is 0 Å². The maximum absolute atomic E-state index is 13.6. The number of carboxylic acids is 1. The Balaban J connectivity index is 1.60. The van der Waals surface area contributed by atoms with Gasteiger partial charge >= 0.3 is 5.97 Å². The Morgan fingerprint density at radius 3 is 2.29 bits per heavy atom. The number of hydrogen-bond acceptors (Lipinski definition) is 4. The first-order valence-electron chi connectivity index (χ1n) is 12.5. The van der Waals surface area contributed by atoms with E-state index in [1.165, 1.54) is 13.8 Å². The van der Waals surface area contributed by atoms with Crippen LogP contribution in [-0.2, 0) is 16.1 Å². The van der Waals surface area contributed by atoms with Crippen LogP contribution < -0.4 is 4.74 Å². The lowest BCUT2D eigenvalue weighted by Crippen LogP contribution is -2.34. The fourth-order valence-corrected chi connectivity index (χ4v) is 4.35. The third kappa shape index (κ3) is 5.71. The molecule has 0 atom stereocenters. The van der Waals surface area contributed by atoms with Gasteiger partial charge in [-0.1, -0.05) is 66.2 Å². The number of methoxy groups -OCH3 is 1. The van der Waals surface area contributed by atoms with Crippen molar-refractivity contribution in [3.05, 3.63) is 106 Å². The summed E-state index contributed by atoms with van der Waals surface area (Å²) in [5, 5.41) is 10.0. The van der Waals surface area contributed by atoms with Crippen LogP contribution in [-0.4, -0.2) is 40.7 Å². The maximum Gasteiger partial charge on any atom is 0.335 e. The van der Waals surface area contributed by atoms with Crippen molar-refractivity contribution >= 4 is 28.7 Å². The molecule has 0 fully saturated rings. The number of benzene rings is 3. The molecular weight excluding hydrogens is 478 g/mol. The van der Waals surface area contributed by atoms with Crippen molar-refractivity contribution in [1.82, 2.24) is 4.57 Å². The fourth-order valence-electron chi connectivity index (χ4n) is 4.35. The van der Waals surface area contributed by atoms with Gasteiger partial charge < -0.3 is 19.1 Å². The monoisotopic (exact) mass is 511 g/mol. The summed E-state index contributed by atoms with van der Waals surface area (Å²) < 4.78 is 13.1. The second kappa shape index (κ2) is 11.1. The molecule has 0 amide bonds. The van der Waals surface area contributed by atoms with Crippen molar-refractivity contribution in [2.75, 3.05) is 13.7 Å². The number of carbonyl (C=O) groups excluding carboxylic acids is 1. The molecule has 1 aromatic heterocycles. The number of aliphatic carboxylic acids is 1. The van der Waals surface area contributed by atoms with E-state index in [2.05, 4.69) is 16.7 Å². The standard InChI is InChI=1S/C32H33NO5/c1-21-8-14-25(15-9-21)30(34)29-22(2)33(28-17-16-26(37-5)19-27(28)29)20-24-12-10-23(11-13-24)7-6-18-38-32(3,4)31(35)36/h6-17,19H,18,20H2,1-5H3,(H,35,36). The molecule has 0 aliphatic carbocycles. The Kier molecular flexibility index (Phi) is 7.83. The van der Waals surface area contributed by atoms with E-state index >= 15 is 0 Å². The SMILES string of the molecule is COc1ccc2c(c1)c(C(=O)c1ccc(C)cc1)c(C)n2Cc1ccc(C=CCOC(C)(C)C(=O)O)cc1. The van der Waals surface area contributed by atoms with Crippen molar-refractivity contribution < 1.29 is 24.2 Å². The molecule has 1 heterocycles. The number of ketones is 1. The van der Waals surface area contributed by atoms with Gasteiger partial charge in [-0.15, -0.1) is 0 Å². The zero-order valence-electron chi connectivity index (χ0n) is 22.4. The molecule has 196 valence electrons. The van der Waals surface area contributed by atoms with Crippen LogP contribution in [0.2, 0.25) is 0 Å². The Hall–Kier alpha value is -4.16. The quantitative estimate of drug-likeness (QED) is 0.248. The minimum atomic E-state index is -1.23. The average molecular weight is 512 g/mol. The van der Waals surface area contributed by atoms with E-state index in [1.54, 1.807) is 13.2 Å². The van der Waals surface area contributed by atoms with Crippen LogP contribution in [0.1, 0.15) is 52.2 Å². The Bertz CT molecular complexity index is 1490. The smallest absolute Gasteiger partial charge is 0.335 e. The zero-order chi connectivity index (χ0) is 27.4. The first kappa shape index (κ1) is 26.9. The van der Waals surface area contributed by atoms with Gasteiger partial charge in [0.2, 0.25) is 0 Å². The molecule has 6 nitrogen and oxygen atoms in total. The van der Waals surface area contributed by atoms with E-state index in [1.807, 2.05) is 74.5 Å². The summed E-state index contributed by atoms with van der Waals surface area (Å²) in [6, 6.07) is 21.6. The van der Waals surface area contributed by atoms with Gasteiger partial charge in [0, 0.05) is 28.7 Å². The van der Waals surface area contributed by atoms with Crippen molar-refractivity contribution in [1.29, 1.82) is 0 Å². The lowest BCUT2D eigenvalue weighted by atomic mass is 9.99.